The third kappa shape index (κ3) is 555. The molecule has 0 aliphatic carbocycles. The molecule has 0 aliphatic heterocycles. The highest BCUT2D eigenvalue weighted by atomic mass is 13.6. The average Bonchev–Trinajstić information content (AvgIpc) is 0.811. The summed E-state index contributed by atoms with van der Waals surface area (Å²) in [6, 6.07) is 0. The molecule has 0 N–H and O–H groups in total. The maximum atomic E-state index is 5.11. The van der Waals surface area contributed by atoms with Crippen LogP contribution in [0, 0.1) is 0 Å². The Kier molecular flexibility index (Phi) is 1.41. The molecule has 0 aliphatic rings. The van der Waals surface area contributed by atoms with Crippen LogP contribution in [-0.4, -0.2) is 7.85 Å². The van der Waals surface area contributed by atoms with E-state index in [1.807, 2.05) is 13.8 Å². The summed E-state index contributed by atoms with van der Waals surface area (Å²) in [5, 5.41) is 0. The number of hydrogen-bond donors (Lipinski definition) is 0. The SMILES string of the molecule is [B]C(C)C. The second-order valence-electron chi connectivity index (χ2n) is 1.24. The van der Waals surface area contributed by atoms with Crippen molar-refractivity contribution in [3.63, 3.8) is 0 Å². The molecular weight excluding hydrogens is 46.8 g/mol. The van der Waals surface area contributed by atoms with Gasteiger partial charge in [0.05, 0.1) is 7.85 Å². The van der Waals surface area contributed by atoms with Crippen LogP contribution < -0.4 is 0 Å². The number of rotatable bonds is 0. The van der Waals surface area contributed by atoms with Gasteiger partial charge in [0.15, 0.2) is 0 Å². The quantitative estimate of drug-likeness (QED) is 0.361. The van der Waals surface area contributed by atoms with Crippen LogP contribution in [-0.2, 0) is 0 Å². The van der Waals surface area contributed by atoms with Gasteiger partial charge in [-0.25, -0.2) is 0 Å². The molecule has 0 saturated carbocycles. The smallest absolute Gasteiger partial charge is 0.0692 e. The van der Waals surface area contributed by atoms with Gasteiger partial charge in [-0.2, -0.15) is 0 Å². The van der Waals surface area contributed by atoms with Gasteiger partial charge < -0.3 is 0 Å². The fourth-order valence-electron chi connectivity index (χ4n) is 0. The van der Waals surface area contributed by atoms with Crippen LogP contribution in [0.1, 0.15) is 13.8 Å². The zero-order valence-corrected chi connectivity index (χ0v) is 3.15. The van der Waals surface area contributed by atoms with Crippen molar-refractivity contribution in [2.75, 3.05) is 0 Å². The molecule has 0 unspecified atom stereocenters. The second kappa shape index (κ2) is 1.39. The van der Waals surface area contributed by atoms with E-state index in [1.54, 1.807) is 0 Å². The monoisotopic (exact) mass is 54.1 g/mol. The first kappa shape index (κ1) is 4.06. The molecule has 0 atom stereocenters. The predicted molar refractivity (Wildman–Crippen MR) is 20.9 cm³/mol. The van der Waals surface area contributed by atoms with E-state index in [2.05, 4.69) is 0 Å². The summed E-state index contributed by atoms with van der Waals surface area (Å²) in [5.41, 5.74) is 0. The van der Waals surface area contributed by atoms with Crippen molar-refractivity contribution in [2.24, 2.45) is 0 Å². The van der Waals surface area contributed by atoms with Crippen molar-refractivity contribution in [2.45, 2.75) is 19.7 Å². The molecule has 0 amide bonds. The topological polar surface area (TPSA) is 0 Å². The van der Waals surface area contributed by atoms with Crippen molar-refractivity contribution < 1.29 is 0 Å². The van der Waals surface area contributed by atoms with Gasteiger partial charge in [-0.05, 0) is 0 Å². The van der Waals surface area contributed by atoms with Gasteiger partial charge >= 0.3 is 0 Å². The minimum absolute atomic E-state index is 0.333. The van der Waals surface area contributed by atoms with Crippen molar-refractivity contribution in [3.05, 3.63) is 0 Å². The minimum Gasteiger partial charge on any atom is -0.0829 e. The Hall–Kier alpha value is 0.0649. The molecular formula is C3H7B. The number of hydrogen-bond acceptors (Lipinski definition) is 0. The van der Waals surface area contributed by atoms with Crippen LogP contribution >= 0.6 is 0 Å². The molecule has 4 heavy (non-hydrogen) atoms. The minimum atomic E-state index is 0.333. The Morgan fingerprint density at radius 2 is 1.50 bits per heavy atom. The van der Waals surface area contributed by atoms with Gasteiger partial charge in [0.25, 0.3) is 0 Å². The van der Waals surface area contributed by atoms with Crippen LogP contribution in [0.3, 0.4) is 0 Å². The van der Waals surface area contributed by atoms with E-state index < -0.39 is 0 Å². The summed E-state index contributed by atoms with van der Waals surface area (Å²) in [6.45, 7) is 3.89. The van der Waals surface area contributed by atoms with E-state index >= 15 is 0 Å². The summed E-state index contributed by atoms with van der Waals surface area (Å²) in [4.78, 5) is 0. The summed E-state index contributed by atoms with van der Waals surface area (Å²) < 4.78 is 0. The van der Waals surface area contributed by atoms with Gasteiger partial charge in [0, 0.05) is 0 Å². The third-order valence-electron chi connectivity index (χ3n) is 0. The molecule has 0 saturated heterocycles. The van der Waals surface area contributed by atoms with Crippen LogP contribution in [0.25, 0.3) is 0 Å². The highest BCUT2D eigenvalue weighted by Gasteiger charge is 1.68. The van der Waals surface area contributed by atoms with E-state index in [0.717, 1.165) is 0 Å². The molecule has 0 nitrogen and oxygen atoms in total. The van der Waals surface area contributed by atoms with Crippen LogP contribution in [0.2, 0.25) is 5.82 Å². The maximum Gasteiger partial charge on any atom is 0.0692 e. The van der Waals surface area contributed by atoms with Crippen LogP contribution in [0.5, 0.6) is 0 Å². The molecule has 0 aromatic rings. The predicted octanol–water partition coefficient (Wildman–Crippen LogP) is 0.983. The summed E-state index contributed by atoms with van der Waals surface area (Å²) in [7, 11) is 5.11. The molecule has 1 heteroatoms. The van der Waals surface area contributed by atoms with Crippen molar-refractivity contribution >= 4 is 7.85 Å². The standard InChI is InChI=1S/C3H7B/c1-3(2)4/h3H,1-2H3. The summed E-state index contributed by atoms with van der Waals surface area (Å²) in [6.07, 6.45) is 0. The Bertz CT molecular complexity index is 8.00. The van der Waals surface area contributed by atoms with E-state index in [-0.39, 0.29) is 0 Å². The average molecular weight is 53.9 g/mol. The molecule has 0 heterocycles. The molecule has 22 valence electrons. The molecule has 0 rings (SSSR count). The van der Waals surface area contributed by atoms with Crippen molar-refractivity contribution in [3.8, 4) is 0 Å². The fourth-order valence-corrected chi connectivity index (χ4v) is 0. The van der Waals surface area contributed by atoms with Gasteiger partial charge in [-0.3, -0.25) is 0 Å². The lowest BCUT2D eigenvalue weighted by atomic mass is 9.93. The fraction of sp³-hybridized carbons (Fsp3) is 1.00. The molecule has 0 fully saturated rings. The lowest BCUT2D eigenvalue weighted by Crippen LogP contribution is -1.67. The van der Waals surface area contributed by atoms with Crippen LogP contribution in [0.4, 0.5) is 0 Å². The second-order valence-corrected chi connectivity index (χ2v) is 1.24. The molecule has 2 radical (unpaired) electrons. The van der Waals surface area contributed by atoms with Crippen LogP contribution in [0.15, 0.2) is 0 Å². The van der Waals surface area contributed by atoms with Gasteiger partial charge in [-0.15, -0.1) is 0 Å². The highest BCUT2D eigenvalue weighted by molar-refractivity contribution is 6.10. The van der Waals surface area contributed by atoms with E-state index in [9.17, 15) is 0 Å². The third-order valence-corrected chi connectivity index (χ3v) is 0. The van der Waals surface area contributed by atoms with Gasteiger partial charge in [-0.1, -0.05) is 19.7 Å². The van der Waals surface area contributed by atoms with Crippen molar-refractivity contribution in [1.82, 2.24) is 0 Å². The first-order valence-corrected chi connectivity index (χ1v) is 1.49. The zero-order chi connectivity index (χ0) is 3.58. The highest BCUT2D eigenvalue weighted by Crippen LogP contribution is 1.84. The first-order valence-electron chi connectivity index (χ1n) is 1.49. The Balaban J connectivity index is 2.32. The largest absolute Gasteiger partial charge is 0.0829 e. The van der Waals surface area contributed by atoms with E-state index in [4.69, 9.17) is 7.85 Å². The maximum absolute atomic E-state index is 5.11. The summed E-state index contributed by atoms with van der Waals surface area (Å²) >= 11 is 0. The van der Waals surface area contributed by atoms with E-state index in [0.29, 0.717) is 5.82 Å². The molecule has 0 aromatic heterocycles. The molecule has 0 spiro atoms. The van der Waals surface area contributed by atoms with E-state index in [1.165, 1.54) is 0 Å². The zero-order valence-electron chi connectivity index (χ0n) is 3.15. The van der Waals surface area contributed by atoms with Gasteiger partial charge in [0.1, 0.15) is 0 Å². The first-order chi connectivity index (χ1) is 1.73. The molecule has 0 bridgehead atoms. The lowest BCUT2D eigenvalue weighted by Gasteiger charge is -1.79. The lowest BCUT2D eigenvalue weighted by molar-refractivity contribution is 1.08. The Labute approximate surface area is 28.6 Å². The summed E-state index contributed by atoms with van der Waals surface area (Å²) in [5.74, 6) is 0.333. The normalized spacial score (nSPS) is 8.75. The Morgan fingerprint density at radius 3 is 1.50 bits per heavy atom. The Morgan fingerprint density at radius 1 is 1.50 bits per heavy atom. The van der Waals surface area contributed by atoms with Crippen molar-refractivity contribution in [1.29, 1.82) is 0 Å². The van der Waals surface area contributed by atoms with Gasteiger partial charge in [0.2, 0.25) is 0 Å². The molecule has 0 aromatic carbocycles.